The summed E-state index contributed by atoms with van der Waals surface area (Å²) in [6, 6.07) is 3.88. The van der Waals surface area contributed by atoms with Crippen molar-refractivity contribution in [3.8, 4) is 0 Å². The van der Waals surface area contributed by atoms with Gasteiger partial charge >= 0.3 is 5.97 Å². The van der Waals surface area contributed by atoms with Gasteiger partial charge in [-0.3, -0.25) is 9.59 Å². The van der Waals surface area contributed by atoms with Crippen LogP contribution in [0.4, 0.5) is 0 Å². The molecule has 0 aliphatic carbocycles. The third-order valence-corrected chi connectivity index (χ3v) is 3.31. The lowest BCUT2D eigenvalue weighted by atomic mass is 10.0. The van der Waals surface area contributed by atoms with Crippen LogP contribution in [-0.2, 0) is 16.1 Å². The zero-order valence-electron chi connectivity index (χ0n) is 10.5. The standard InChI is InChI=1S/C13H16N2O4/c16-11-6-2-3-7-14(11)9-12(17)15-8-4-1-5-10(15)13(18)19/h2-3,6-7,10H,1,4-5,8-9H2,(H,18,19). The lowest BCUT2D eigenvalue weighted by Crippen LogP contribution is -2.49. The number of amides is 1. The second kappa shape index (κ2) is 5.69. The molecular weight excluding hydrogens is 248 g/mol. The average Bonchev–Trinajstić information content (AvgIpc) is 2.41. The van der Waals surface area contributed by atoms with Crippen molar-refractivity contribution in [2.45, 2.75) is 31.8 Å². The van der Waals surface area contributed by atoms with E-state index >= 15 is 0 Å². The Morgan fingerprint density at radius 3 is 2.79 bits per heavy atom. The molecule has 0 saturated carbocycles. The maximum atomic E-state index is 12.1. The smallest absolute Gasteiger partial charge is 0.326 e. The summed E-state index contributed by atoms with van der Waals surface area (Å²) in [7, 11) is 0. The van der Waals surface area contributed by atoms with E-state index in [1.165, 1.54) is 21.7 Å². The lowest BCUT2D eigenvalue weighted by molar-refractivity contribution is -0.152. The Kier molecular flexibility index (Phi) is 3.99. The molecule has 1 aliphatic heterocycles. The molecule has 102 valence electrons. The summed E-state index contributed by atoms with van der Waals surface area (Å²) >= 11 is 0. The number of carbonyl (C=O) groups excluding carboxylic acids is 1. The number of piperidine rings is 1. The van der Waals surface area contributed by atoms with Crippen molar-refractivity contribution in [3.63, 3.8) is 0 Å². The molecule has 6 nitrogen and oxygen atoms in total. The quantitative estimate of drug-likeness (QED) is 0.852. The van der Waals surface area contributed by atoms with E-state index in [1.54, 1.807) is 12.1 Å². The molecule has 0 radical (unpaired) electrons. The van der Waals surface area contributed by atoms with Crippen molar-refractivity contribution in [2.24, 2.45) is 0 Å². The molecule has 1 amide bonds. The Labute approximate surface area is 110 Å². The fourth-order valence-electron chi connectivity index (χ4n) is 2.31. The number of nitrogens with zero attached hydrogens (tertiary/aromatic N) is 2. The molecule has 1 aliphatic rings. The number of carboxylic acid groups (broad SMARTS) is 1. The van der Waals surface area contributed by atoms with E-state index < -0.39 is 12.0 Å². The fraction of sp³-hybridized carbons (Fsp3) is 0.462. The number of aromatic nitrogens is 1. The van der Waals surface area contributed by atoms with Gasteiger partial charge in [0.2, 0.25) is 5.91 Å². The number of hydrogen-bond acceptors (Lipinski definition) is 3. The first kappa shape index (κ1) is 13.3. The molecule has 19 heavy (non-hydrogen) atoms. The summed E-state index contributed by atoms with van der Waals surface area (Å²) in [6.45, 7) is 0.334. The Morgan fingerprint density at radius 1 is 1.32 bits per heavy atom. The highest BCUT2D eigenvalue weighted by atomic mass is 16.4. The van der Waals surface area contributed by atoms with Crippen LogP contribution in [0.1, 0.15) is 19.3 Å². The van der Waals surface area contributed by atoms with Crippen molar-refractivity contribution in [1.29, 1.82) is 0 Å². The first-order valence-corrected chi connectivity index (χ1v) is 6.27. The highest BCUT2D eigenvalue weighted by Gasteiger charge is 2.31. The predicted octanol–water partition coefficient (Wildman–Crippen LogP) is 0.314. The molecule has 2 rings (SSSR count). The predicted molar refractivity (Wildman–Crippen MR) is 67.7 cm³/mol. The molecule has 1 fully saturated rings. The molecule has 1 aromatic rings. The Balaban J connectivity index is 2.12. The monoisotopic (exact) mass is 264 g/mol. The van der Waals surface area contributed by atoms with Crippen LogP contribution in [0.2, 0.25) is 0 Å². The number of aliphatic carboxylic acids is 1. The van der Waals surface area contributed by atoms with E-state index in [9.17, 15) is 14.4 Å². The maximum absolute atomic E-state index is 12.1. The van der Waals surface area contributed by atoms with Gasteiger partial charge in [-0.05, 0) is 25.3 Å². The Bertz CT molecular complexity index is 537. The number of rotatable bonds is 3. The average molecular weight is 264 g/mol. The van der Waals surface area contributed by atoms with Gasteiger partial charge in [-0.15, -0.1) is 0 Å². The van der Waals surface area contributed by atoms with Crippen LogP contribution < -0.4 is 5.56 Å². The highest BCUT2D eigenvalue weighted by molar-refractivity contribution is 5.83. The molecule has 0 spiro atoms. The van der Waals surface area contributed by atoms with Crippen molar-refractivity contribution in [2.75, 3.05) is 6.54 Å². The molecule has 0 aromatic carbocycles. The zero-order chi connectivity index (χ0) is 13.8. The van der Waals surface area contributed by atoms with Gasteiger partial charge in [-0.25, -0.2) is 4.79 Å². The molecule has 1 unspecified atom stereocenters. The van der Waals surface area contributed by atoms with Crippen molar-refractivity contribution >= 4 is 11.9 Å². The van der Waals surface area contributed by atoms with Crippen LogP contribution in [0.15, 0.2) is 29.2 Å². The van der Waals surface area contributed by atoms with Crippen molar-refractivity contribution in [1.82, 2.24) is 9.47 Å². The molecule has 2 heterocycles. The Morgan fingerprint density at radius 2 is 2.11 bits per heavy atom. The molecule has 1 saturated heterocycles. The number of pyridine rings is 1. The lowest BCUT2D eigenvalue weighted by Gasteiger charge is -2.33. The normalized spacial score (nSPS) is 19.2. The van der Waals surface area contributed by atoms with E-state index in [4.69, 9.17) is 5.11 Å². The van der Waals surface area contributed by atoms with E-state index in [2.05, 4.69) is 0 Å². The number of carbonyl (C=O) groups is 2. The summed E-state index contributed by atoms with van der Waals surface area (Å²) < 4.78 is 1.29. The fourth-order valence-corrected chi connectivity index (χ4v) is 2.31. The molecule has 1 atom stereocenters. The Hall–Kier alpha value is -2.11. The van der Waals surface area contributed by atoms with Crippen LogP contribution >= 0.6 is 0 Å². The van der Waals surface area contributed by atoms with Gasteiger partial charge in [0, 0.05) is 18.8 Å². The molecule has 1 N–H and O–H groups in total. The topological polar surface area (TPSA) is 79.6 Å². The van der Waals surface area contributed by atoms with Crippen LogP contribution in [0.5, 0.6) is 0 Å². The van der Waals surface area contributed by atoms with E-state index in [0.717, 1.165) is 12.8 Å². The van der Waals surface area contributed by atoms with Gasteiger partial charge in [0.25, 0.3) is 5.56 Å². The summed E-state index contributed by atoms with van der Waals surface area (Å²) in [5.74, 6) is -1.30. The van der Waals surface area contributed by atoms with Crippen LogP contribution in [-0.4, -0.2) is 39.0 Å². The first-order valence-electron chi connectivity index (χ1n) is 6.27. The van der Waals surface area contributed by atoms with Gasteiger partial charge in [-0.2, -0.15) is 0 Å². The summed E-state index contributed by atoms with van der Waals surface area (Å²) in [6.07, 6.45) is 3.62. The number of carboxylic acids is 1. The summed E-state index contributed by atoms with van der Waals surface area (Å²) in [4.78, 5) is 36.2. The van der Waals surface area contributed by atoms with Gasteiger partial charge in [-0.1, -0.05) is 6.07 Å². The van der Waals surface area contributed by atoms with Gasteiger partial charge < -0.3 is 14.6 Å². The highest BCUT2D eigenvalue weighted by Crippen LogP contribution is 2.17. The molecule has 1 aromatic heterocycles. The first-order chi connectivity index (χ1) is 9.09. The van der Waals surface area contributed by atoms with E-state index in [0.29, 0.717) is 13.0 Å². The second-order valence-corrected chi connectivity index (χ2v) is 4.60. The molecule has 0 bridgehead atoms. The minimum atomic E-state index is -0.978. The largest absolute Gasteiger partial charge is 0.480 e. The van der Waals surface area contributed by atoms with Gasteiger partial charge in [0.05, 0.1) is 0 Å². The van der Waals surface area contributed by atoms with Crippen molar-refractivity contribution in [3.05, 3.63) is 34.7 Å². The van der Waals surface area contributed by atoms with Gasteiger partial charge in [0.1, 0.15) is 12.6 Å². The minimum absolute atomic E-state index is 0.108. The SMILES string of the molecule is O=C(O)C1CCCCN1C(=O)Cn1ccccc1=O. The summed E-state index contributed by atoms with van der Waals surface area (Å²) in [5.41, 5.74) is -0.264. The number of hydrogen-bond donors (Lipinski definition) is 1. The van der Waals surface area contributed by atoms with E-state index in [-0.39, 0.29) is 18.0 Å². The van der Waals surface area contributed by atoms with E-state index in [1.807, 2.05) is 0 Å². The van der Waals surface area contributed by atoms with Crippen molar-refractivity contribution < 1.29 is 14.7 Å². The van der Waals surface area contributed by atoms with Crippen LogP contribution in [0, 0.1) is 0 Å². The minimum Gasteiger partial charge on any atom is -0.480 e. The third-order valence-electron chi connectivity index (χ3n) is 3.31. The third kappa shape index (κ3) is 3.01. The number of likely N-dealkylation sites (tertiary alicyclic amines) is 1. The summed E-state index contributed by atoms with van der Waals surface area (Å²) in [5, 5.41) is 9.12. The second-order valence-electron chi connectivity index (χ2n) is 4.60. The van der Waals surface area contributed by atoms with Crippen LogP contribution in [0.3, 0.4) is 0 Å². The van der Waals surface area contributed by atoms with Crippen LogP contribution in [0.25, 0.3) is 0 Å². The molecular formula is C13H16N2O4. The van der Waals surface area contributed by atoms with Gasteiger partial charge in [0.15, 0.2) is 0 Å². The maximum Gasteiger partial charge on any atom is 0.326 e. The zero-order valence-corrected chi connectivity index (χ0v) is 10.5. The molecule has 6 heteroatoms.